The first-order valence-electron chi connectivity index (χ1n) is 6.57. The minimum atomic E-state index is -4.26. The fourth-order valence-corrected chi connectivity index (χ4v) is 2.38. The van der Waals surface area contributed by atoms with Gasteiger partial charge in [0.1, 0.15) is 0 Å². The van der Waals surface area contributed by atoms with Crippen molar-refractivity contribution in [1.29, 1.82) is 0 Å². The van der Waals surface area contributed by atoms with Crippen molar-refractivity contribution in [3.05, 3.63) is 29.8 Å². The summed E-state index contributed by atoms with van der Waals surface area (Å²) < 4.78 is 37.3. The molecule has 5 heteroatoms. The molecule has 1 atom stereocenters. The minimum absolute atomic E-state index is 0.349. The number of hydrogen-bond donors (Lipinski definition) is 1. The Morgan fingerprint density at radius 1 is 1.11 bits per heavy atom. The van der Waals surface area contributed by atoms with Gasteiger partial charge in [-0.2, -0.15) is 13.2 Å². The molecule has 1 N–H and O–H groups in total. The van der Waals surface area contributed by atoms with E-state index in [0.29, 0.717) is 6.04 Å². The Bertz CT molecular complexity index is 400. The van der Waals surface area contributed by atoms with Crippen molar-refractivity contribution in [3.8, 4) is 0 Å². The van der Waals surface area contributed by atoms with Crippen LogP contribution >= 0.6 is 0 Å². The van der Waals surface area contributed by atoms with Crippen LogP contribution in [0.1, 0.15) is 24.8 Å². The lowest BCUT2D eigenvalue weighted by atomic mass is 10.1. The van der Waals surface area contributed by atoms with Crippen LogP contribution in [0.3, 0.4) is 0 Å². The summed E-state index contributed by atoms with van der Waals surface area (Å²) in [6.07, 6.45) is -1.05. The van der Waals surface area contributed by atoms with Gasteiger partial charge < -0.3 is 10.2 Å². The van der Waals surface area contributed by atoms with Crippen LogP contribution in [-0.4, -0.2) is 31.1 Å². The van der Waals surface area contributed by atoms with Gasteiger partial charge >= 0.3 is 6.18 Å². The van der Waals surface area contributed by atoms with Gasteiger partial charge in [0, 0.05) is 11.7 Å². The van der Waals surface area contributed by atoms with Crippen molar-refractivity contribution >= 4 is 5.69 Å². The van der Waals surface area contributed by atoms with E-state index in [1.165, 1.54) is 12.1 Å². The highest BCUT2D eigenvalue weighted by molar-refractivity contribution is 5.46. The first-order valence-corrected chi connectivity index (χ1v) is 6.57. The molecular weight excluding hydrogens is 253 g/mol. The largest absolute Gasteiger partial charge is 0.416 e. The smallest absolute Gasteiger partial charge is 0.382 e. The van der Waals surface area contributed by atoms with E-state index in [1.807, 2.05) is 0 Å². The summed E-state index contributed by atoms with van der Waals surface area (Å²) in [6.45, 7) is 2.11. The number of nitrogens with one attached hydrogen (secondary N) is 1. The monoisotopic (exact) mass is 272 g/mol. The standard InChI is InChI=1S/C14H19F3N2/c1-19-9-2-3-12(8-10-19)18-13-6-4-11(5-7-13)14(15,16)17/h4-7,12,18H,2-3,8-10H2,1H3. The molecule has 2 rings (SSSR count). The second-order valence-corrected chi connectivity index (χ2v) is 5.15. The third-order valence-electron chi connectivity index (χ3n) is 3.53. The lowest BCUT2D eigenvalue weighted by Crippen LogP contribution is -2.23. The Hall–Kier alpha value is -1.23. The lowest BCUT2D eigenvalue weighted by molar-refractivity contribution is -0.137. The first kappa shape index (κ1) is 14.2. The molecule has 2 nitrogen and oxygen atoms in total. The van der Waals surface area contributed by atoms with Crippen LogP contribution in [0.5, 0.6) is 0 Å². The van der Waals surface area contributed by atoms with Crippen molar-refractivity contribution in [2.45, 2.75) is 31.5 Å². The summed E-state index contributed by atoms with van der Waals surface area (Å²) in [5.74, 6) is 0. The van der Waals surface area contributed by atoms with Crippen LogP contribution in [-0.2, 0) is 6.18 Å². The zero-order valence-corrected chi connectivity index (χ0v) is 11.0. The predicted octanol–water partition coefficient (Wildman–Crippen LogP) is 3.60. The number of nitrogens with zero attached hydrogens (tertiary/aromatic N) is 1. The summed E-state index contributed by atoms with van der Waals surface area (Å²) in [4.78, 5) is 2.29. The zero-order chi connectivity index (χ0) is 13.9. The molecule has 1 aliphatic heterocycles. The average molecular weight is 272 g/mol. The van der Waals surface area contributed by atoms with Gasteiger partial charge in [0.15, 0.2) is 0 Å². The maximum Gasteiger partial charge on any atom is 0.416 e. The Morgan fingerprint density at radius 2 is 1.79 bits per heavy atom. The van der Waals surface area contributed by atoms with Crippen molar-refractivity contribution in [3.63, 3.8) is 0 Å². The molecule has 0 amide bonds. The lowest BCUT2D eigenvalue weighted by Gasteiger charge is -2.18. The van der Waals surface area contributed by atoms with E-state index < -0.39 is 11.7 Å². The van der Waals surface area contributed by atoms with Gasteiger partial charge in [0.2, 0.25) is 0 Å². The molecule has 1 aromatic rings. The van der Waals surface area contributed by atoms with Crippen LogP contribution in [0, 0.1) is 0 Å². The maximum atomic E-state index is 12.4. The molecule has 0 bridgehead atoms. The molecular formula is C14H19F3N2. The molecule has 0 spiro atoms. The number of anilines is 1. The Kier molecular flexibility index (Phi) is 4.34. The molecule has 1 heterocycles. The van der Waals surface area contributed by atoms with Crippen LogP contribution in [0.15, 0.2) is 24.3 Å². The summed E-state index contributed by atoms with van der Waals surface area (Å²) in [5, 5.41) is 3.33. The van der Waals surface area contributed by atoms with Crippen molar-refractivity contribution in [2.24, 2.45) is 0 Å². The zero-order valence-electron chi connectivity index (χ0n) is 11.0. The number of benzene rings is 1. The fraction of sp³-hybridized carbons (Fsp3) is 0.571. The van der Waals surface area contributed by atoms with Crippen LogP contribution in [0.4, 0.5) is 18.9 Å². The Labute approximate surface area is 111 Å². The number of halogens is 3. The van der Waals surface area contributed by atoms with Gasteiger partial charge in [0.05, 0.1) is 5.56 Å². The second kappa shape index (κ2) is 5.82. The molecule has 0 radical (unpaired) electrons. The normalized spacial score (nSPS) is 22.0. The second-order valence-electron chi connectivity index (χ2n) is 5.15. The molecule has 1 aliphatic rings. The van der Waals surface area contributed by atoms with Gasteiger partial charge in [-0.15, -0.1) is 0 Å². The Morgan fingerprint density at radius 3 is 2.42 bits per heavy atom. The van der Waals surface area contributed by atoms with Crippen molar-refractivity contribution < 1.29 is 13.2 Å². The van der Waals surface area contributed by atoms with Crippen LogP contribution in [0.2, 0.25) is 0 Å². The SMILES string of the molecule is CN1CCCC(Nc2ccc(C(F)(F)F)cc2)CC1. The minimum Gasteiger partial charge on any atom is -0.382 e. The molecule has 0 aromatic heterocycles. The third kappa shape index (κ3) is 4.13. The highest BCUT2D eigenvalue weighted by atomic mass is 19.4. The molecule has 1 unspecified atom stereocenters. The summed E-state index contributed by atoms with van der Waals surface area (Å²) >= 11 is 0. The van der Waals surface area contributed by atoms with E-state index >= 15 is 0 Å². The summed E-state index contributed by atoms with van der Waals surface area (Å²) in [7, 11) is 2.10. The van der Waals surface area contributed by atoms with Gasteiger partial charge in [0.25, 0.3) is 0 Å². The molecule has 1 fully saturated rings. The number of hydrogen-bond acceptors (Lipinski definition) is 2. The number of rotatable bonds is 2. The molecule has 0 saturated carbocycles. The molecule has 19 heavy (non-hydrogen) atoms. The molecule has 1 saturated heterocycles. The molecule has 106 valence electrons. The average Bonchev–Trinajstić information content (AvgIpc) is 2.54. The van der Waals surface area contributed by atoms with Gasteiger partial charge in [-0.05, 0) is 63.7 Å². The summed E-state index contributed by atoms with van der Waals surface area (Å²) in [6, 6.07) is 5.63. The molecule has 0 aliphatic carbocycles. The van der Waals surface area contributed by atoms with E-state index in [4.69, 9.17) is 0 Å². The van der Waals surface area contributed by atoms with Crippen molar-refractivity contribution in [1.82, 2.24) is 4.90 Å². The van der Waals surface area contributed by atoms with E-state index in [2.05, 4.69) is 17.3 Å². The highest BCUT2D eigenvalue weighted by Crippen LogP contribution is 2.30. The molecule has 1 aromatic carbocycles. The first-order chi connectivity index (χ1) is 8.95. The fourth-order valence-electron chi connectivity index (χ4n) is 2.38. The summed E-state index contributed by atoms with van der Waals surface area (Å²) in [5.41, 5.74) is 0.168. The van der Waals surface area contributed by atoms with E-state index in [0.717, 1.165) is 50.2 Å². The van der Waals surface area contributed by atoms with Crippen LogP contribution < -0.4 is 5.32 Å². The van der Waals surface area contributed by atoms with E-state index in [1.54, 1.807) is 0 Å². The maximum absolute atomic E-state index is 12.4. The van der Waals surface area contributed by atoms with E-state index in [-0.39, 0.29) is 0 Å². The number of likely N-dealkylation sites (tertiary alicyclic amines) is 1. The van der Waals surface area contributed by atoms with Crippen molar-refractivity contribution in [2.75, 3.05) is 25.5 Å². The van der Waals surface area contributed by atoms with Gasteiger partial charge in [-0.1, -0.05) is 0 Å². The highest BCUT2D eigenvalue weighted by Gasteiger charge is 2.30. The predicted molar refractivity (Wildman–Crippen MR) is 70.2 cm³/mol. The third-order valence-corrected chi connectivity index (χ3v) is 3.53. The number of alkyl halides is 3. The Balaban J connectivity index is 1.96. The van der Waals surface area contributed by atoms with E-state index in [9.17, 15) is 13.2 Å². The van der Waals surface area contributed by atoms with Crippen LogP contribution in [0.25, 0.3) is 0 Å². The van der Waals surface area contributed by atoms with Gasteiger partial charge in [-0.3, -0.25) is 0 Å². The topological polar surface area (TPSA) is 15.3 Å². The van der Waals surface area contributed by atoms with Gasteiger partial charge in [-0.25, -0.2) is 0 Å². The quantitative estimate of drug-likeness (QED) is 0.885.